The zero-order chi connectivity index (χ0) is 13.8. The fourth-order valence-corrected chi connectivity index (χ4v) is 2.72. The second-order valence-electron chi connectivity index (χ2n) is 5.37. The van der Waals surface area contributed by atoms with Crippen molar-refractivity contribution >= 4 is 5.91 Å². The maximum absolute atomic E-state index is 12.3. The monoisotopic (exact) mass is 265 g/mol. The number of carbonyl (C=O) groups excluding carboxylic acids is 1. The summed E-state index contributed by atoms with van der Waals surface area (Å²) in [4.78, 5) is 14.2. The molecule has 5 nitrogen and oxygen atoms in total. The average Bonchev–Trinajstić information content (AvgIpc) is 2.96. The van der Waals surface area contributed by atoms with Crippen LogP contribution in [0, 0.1) is 6.92 Å². The molecular weight excluding hydrogens is 242 g/mol. The van der Waals surface area contributed by atoms with Crippen molar-refractivity contribution in [3.8, 4) is 0 Å². The fourth-order valence-electron chi connectivity index (χ4n) is 2.72. The number of rotatable bonds is 5. The SMILES string of the molecule is CCCC(N)CC(=O)N1CCCC1c1cc(C)no1. The highest BCUT2D eigenvalue weighted by molar-refractivity contribution is 5.77. The van der Waals surface area contributed by atoms with E-state index in [2.05, 4.69) is 12.1 Å². The Morgan fingerprint density at radius 2 is 2.47 bits per heavy atom. The van der Waals surface area contributed by atoms with E-state index in [-0.39, 0.29) is 18.0 Å². The van der Waals surface area contributed by atoms with E-state index in [9.17, 15) is 4.79 Å². The van der Waals surface area contributed by atoms with Crippen molar-refractivity contribution in [3.63, 3.8) is 0 Å². The van der Waals surface area contributed by atoms with Gasteiger partial charge in [0.05, 0.1) is 11.7 Å². The molecule has 0 aliphatic carbocycles. The molecule has 0 saturated carbocycles. The summed E-state index contributed by atoms with van der Waals surface area (Å²) in [6.07, 6.45) is 4.30. The van der Waals surface area contributed by atoms with Gasteiger partial charge in [-0.1, -0.05) is 18.5 Å². The molecule has 2 N–H and O–H groups in total. The molecule has 1 aromatic rings. The van der Waals surface area contributed by atoms with Crippen LogP contribution in [0.5, 0.6) is 0 Å². The molecular formula is C14H23N3O2. The number of hydrogen-bond donors (Lipinski definition) is 1. The predicted octanol–water partition coefficient (Wildman–Crippen LogP) is 2.16. The molecule has 106 valence electrons. The minimum atomic E-state index is -0.0322. The van der Waals surface area contributed by atoms with Crippen LogP contribution in [0.1, 0.15) is 56.5 Å². The smallest absolute Gasteiger partial charge is 0.224 e. The van der Waals surface area contributed by atoms with Gasteiger partial charge in [0.1, 0.15) is 0 Å². The van der Waals surface area contributed by atoms with Crippen molar-refractivity contribution in [2.24, 2.45) is 5.73 Å². The summed E-state index contributed by atoms with van der Waals surface area (Å²) in [6, 6.07) is 1.93. The van der Waals surface area contributed by atoms with Crippen LogP contribution in [0.15, 0.2) is 10.6 Å². The summed E-state index contributed by atoms with van der Waals surface area (Å²) >= 11 is 0. The minimum Gasteiger partial charge on any atom is -0.359 e. The molecule has 5 heteroatoms. The van der Waals surface area contributed by atoms with Gasteiger partial charge in [-0.05, 0) is 26.2 Å². The Bertz CT molecular complexity index is 430. The van der Waals surface area contributed by atoms with E-state index in [1.807, 2.05) is 17.9 Å². The first kappa shape index (κ1) is 14.1. The third-order valence-corrected chi connectivity index (χ3v) is 3.64. The highest BCUT2D eigenvalue weighted by Gasteiger charge is 2.32. The quantitative estimate of drug-likeness (QED) is 0.885. The number of aryl methyl sites for hydroxylation is 1. The molecule has 19 heavy (non-hydrogen) atoms. The lowest BCUT2D eigenvalue weighted by Crippen LogP contribution is -2.35. The van der Waals surface area contributed by atoms with Gasteiger partial charge in [-0.3, -0.25) is 4.79 Å². The van der Waals surface area contributed by atoms with Gasteiger partial charge in [0, 0.05) is 25.1 Å². The third-order valence-electron chi connectivity index (χ3n) is 3.64. The molecule has 0 aromatic carbocycles. The van der Waals surface area contributed by atoms with Crippen LogP contribution >= 0.6 is 0 Å². The van der Waals surface area contributed by atoms with E-state index in [4.69, 9.17) is 10.3 Å². The first-order chi connectivity index (χ1) is 9.11. The topological polar surface area (TPSA) is 72.4 Å². The second-order valence-corrected chi connectivity index (χ2v) is 5.37. The highest BCUT2D eigenvalue weighted by Crippen LogP contribution is 2.32. The van der Waals surface area contributed by atoms with Crippen LogP contribution < -0.4 is 5.73 Å². The van der Waals surface area contributed by atoms with Gasteiger partial charge in [0.15, 0.2) is 5.76 Å². The summed E-state index contributed by atoms with van der Waals surface area (Å²) in [5, 5.41) is 3.91. The second kappa shape index (κ2) is 6.19. The van der Waals surface area contributed by atoms with Crippen LogP contribution in [0.2, 0.25) is 0 Å². The lowest BCUT2D eigenvalue weighted by molar-refractivity contribution is -0.132. The number of likely N-dealkylation sites (tertiary alicyclic amines) is 1. The van der Waals surface area contributed by atoms with E-state index in [1.165, 1.54) is 0 Å². The van der Waals surface area contributed by atoms with E-state index in [1.54, 1.807) is 0 Å². The van der Waals surface area contributed by atoms with E-state index in [0.29, 0.717) is 6.42 Å². The Hall–Kier alpha value is -1.36. The number of amides is 1. The molecule has 1 aromatic heterocycles. The van der Waals surface area contributed by atoms with Gasteiger partial charge in [-0.15, -0.1) is 0 Å². The van der Waals surface area contributed by atoms with Crippen molar-refractivity contribution in [1.29, 1.82) is 0 Å². The zero-order valence-corrected chi connectivity index (χ0v) is 11.8. The van der Waals surface area contributed by atoms with Crippen molar-refractivity contribution in [2.45, 2.75) is 58.0 Å². The van der Waals surface area contributed by atoms with Crippen LogP contribution in [0.25, 0.3) is 0 Å². The molecule has 2 unspecified atom stereocenters. The zero-order valence-electron chi connectivity index (χ0n) is 11.8. The lowest BCUT2D eigenvalue weighted by atomic mass is 10.1. The number of nitrogens with zero attached hydrogens (tertiary/aromatic N) is 2. The normalized spacial score (nSPS) is 20.8. The Balaban J connectivity index is 2.00. The van der Waals surface area contributed by atoms with Crippen molar-refractivity contribution < 1.29 is 9.32 Å². The molecule has 2 heterocycles. The Kier molecular flexibility index (Phi) is 4.58. The van der Waals surface area contributed by atoms with Crippen LogP contribution in [-0.2, 0) is 4.79 Å². The van der Waals surface area contributed by atoms with E-state index < -0.39 is 0 Å². The molecule has 0 radical (unpaired) electrons. The fraction of sp³-hybridized carbons (Fsp3) is 0.714. The Morgan fingerprint density at radius 1 is 1.68 bits per heavy atom. The first-order valence-corrected chi connectivity index (χ1v) is 7.10. The Morgan fingerprint density at radius 3 is 3.11 bits per heavy atom. The van der Waals surface area contributed by atoms with Crippen molar-refractivity contribution in [2.75, 3.05) is 6.54 Å². The summed E-state index contributed by atoms with van der Waals surface area (Å²) in [6.45, 7) is 4.77. The van der Waals surface area contributed by atoms with Gasteiger partial charge in [0.25, 0.3) is 0 Å². The number of carbonyl (C=O) groups is 1. The number of aromatic nitrogens is 1. The summed E-state index contributed by atoms with van der Waals surface area (Å²) < 4.78 is 5.31. The highest BCUT2D eigenvalue weighted by atomic mass is 16.5. The molecule has 1 amide bonds. The van der Waals surface area contributed by atoms with Crippen LogP contribution in [0.3, 0.4) is 0 Å². The molecule has 0 bridgehead atoms. The minimum absolute atomic E-state index is 0.0322. The molecule has 1 aliphatic heterocycles. The summed E-state index contributed by atoms with van der Waals surface area (Å²) in [5.41, 5.74) is 6.82. The summed E-state index contributed by atoms with van der Waals surface area (Å²) in [5.74, 6) is 0.935. The number of nitrogens with two attached hydrogens (primary N) is 1. The van der Waals surface area contributed by atoms with Gasteiger partial charge in [-0.2, -0.15) is 0 Å². The van der Waals surface area contributed by atoms with Crippen molar-refractivity contribution in [1.82, 2.24) is 10.1 Å². The molecule has 2 rings (SSSR count). The molecule has 1 fully saturated rings. The van der Waals surface area contributed by atoms with Gasteiger partial charge >= 0.3 is 0 Å². The molecule has 0 spiro atoms. The standard InChI is InChI=1S/C14H23N3O2/c1-3-5-11(15)9-14(18)17-7-4-6-12(17)13-8-10(2)16-19-13/h8,11-12H,3-7,9,15H2,1-2H3. The molecule has 2 atom stereocenters. The van der Waals surface area contributed by atoms with Crippen LogP contribution in [0.4, 0.5) is 0 Å². The lowest BCUT2D eigenvalue weighted by Gasteiger charge is -2.24. The maximum Gasteiger partial charge on any atom is 0.224 e. The molecule has 1 saturated heterocycles. The maximum atomic E-state index is 12.3. The Labute approximate surface area is 114 Å². The van der Waals surface area contributed by atoms with Crippen molar-refractivity contribution in [3.05, 3.63) is 17.5 Å². The molecule has 1 aliphatic rings. The van der Waals surface area contributed by atoms with Gasteiger partial charge < -0.3 is 15.2 Å². The average molecular weight is 265 g/mol. The van der Waals surface area contributed by atoms with Gasteiger partial charge in [-0.25, -0.2) is 0 Å². The number of hydrogen-bond acceptors (Lipinski definition) is 4. The van der Waals surface area contributed by atoms with Gasteiger partial charge in [0.2, 0.25) is 5.91 Å². The van der Waals surface area contributed by atoms with E-state index >= 15 is 0 Å². The third kappa shape index (κ3) is 3.35. The predicted molar refractivity (Wildman–Crippen MR) is 72.4 cm³/mol. The van der Waals surface area contributed by atoms with Crippen LogP contribution in [-0.4, -0.2) is 28.6 Å². The van der Waals surface area contributed by atoms with E-state index in [0.717, 1.165) is 43.7 Å². The largest absolute Gasteiger partial charge is 0.359 e. The first-order valence-electron chi connectivity index (χ1n) is 7.10. The summed E-state index contributed by atoms with van der Waals surface area (Å²) in [7, 11) is 0.